The zero-order valence-electron chi connectivity index (χ0n) is 12.6. The van der Waals surface area contributed by atoms with E-state index in [-0.39, 0.29) is 17.3 Å². The summed E-state index contributed by atoms with van der Waals surface area (Å²) >= 11 is 5.94. The van der Waals surface area contributed by atoms with Gasteiger partial charge in [-0.1, -0.05) is 28.9 Å². The van der Waals surface area contributed by atoms with E-state index in [2.05, 4.69) is 20.4 Å². The van der Waals surface area contributed by atoms with Gasteiger partial charge in [-0.15, -0.1) is 0 Å². The van der Waals surface area contributed by atoms with E-state index in [4.69, 9.17) is 16.1 Å². The Morgan fingerprint density at radius 2 is 2.08 bits per heavy atom. The van der Waals surface area contributed by atoms with Crippen LogP contribution in [0.2, 0.25) is 5.02 Å². The average Bonchev–Trinajstić information content (AvgIpc) is 3.01. The van der Waals surface area contributed by atoms with Crippen molar-refractivity contribution in [2.45, 2.75) is 11.4 Å². The molecule has 2 heterocycles. The molecule has 1 N–H and O–H groups in total. The highest BCUT2D eigenvalue weighted by Crippen LogP contribution is 2.21. The van der Waals surface area contributed by atoms with Crippen LogP contribution in [0.4, 0.5) is 5.82 Å². The lowest BCUT2D eigenvalue weighted by Crippen LogP contribution is -2.08. The number of rotatable bonds is 5. The lowest BCUT2D eigenvalue weighted by atomic mass is 10.2. The number of sulfone groups is 1. The van der Waals surface area contributed by atoms with Crippen molar-refractivity contribution in [1.82, 2.24) is 15.1 Å². The zero-order valence-corrected chi connectivity index (χ0v) is 14.2. The molecular formula is C15H13ClN4O3S. The van der Waals surface area contributed by atoms with E-state index in [0.717, 1.165) is 11.8 Å². The molecule has 0 bridgehead atoms. The molecule has 0 aliphatic rings. The van der Waals surface area contributed by atoms with Gasteiger partial charge in [-0.2, -0.15) is 4.98 Å². The van der Waals surface area contributed by atoms with E-state index in [1.54, 1.807) is 24.3 Å². The molecule has 0 aliphatic carbocycles. The van der Waals surface area contributed by atoms with E-state index in [1.807, 2.05) is 6.07 Å². The summed E-state index contributed by atoms with van der Waals surface area (Å²) in [5.41, 5.74) is 0.729. The molecule has 3 aromatic rings. The minimum atomic E-state index is -3.39. The zero-order chi connectivity index (χ0) is 17.2. The first-order valence-corrected chi connectivity index (χ1v) is 9.18. The van der Waals surface area contributed by atoms with Gasteiger partial charge in [0.2, 0.25) is 11.7 Å². The van der Waals surface area contributed by atoms with Crippen LogP contribution in [0.5, 0.6) is 0 Å². The van der Waals surface area contributed by atoms with E-state index in [9.17, 15) is 8.42 Å². The van der Waals surface area contributed by atoms with E-state index >= 15 is 0 Å². The highest BCUT2D eigenvalue weighted by Gasteiger charge is 2.15. The Bertz CT molecular complexity index is 972. The topological polar surface area (TPSA) is 98.0 Å². The van der Waals surface area contributed by atoms with Crippen molar-refractivity contribution in [3.63, 3.8) is 0 Å². The number of pyridine rings is 1. The Hall–Kier alpha value is -2.45. The molecule has 0 atom stereocenters. The monoisotopic (exact) mass is 364 g/mol. The number of nitrogens with zero attached hydrogens (tertiary/aromatic N) is 3. The molecule has 124 valence electrons. The number of halogens is 1. The van der Waals surface area contributed by atoms with Gasteiger partial charge in [0.1, 0.15) is 10.7 Å². The fourth-order valence-corrected chi connectivity index (χ4v) is 3.05. The number of benzene rings is 1. The molecule has 24 heavy (non-hydrogen) atoms. The number of aromatic nitrogens is 3. The summed E-state index contributed by atoms with van der Waals surface area (Å²) in [6, 6.07) is 10.1. The molecule has 0 saturated heterocycles. The van der Waals surface area contributed by atoms with Gasteiger partial charge in [-0.25, -0.2) is 13.4 Å². The molecule has 0 saturated carbocycles. The highest BCUT2D eigenvalue weighted by molar-refractivity contribution is 7.90. The predicted octanol–water partition coefficient (Wildman–Crippen LogP) is 2.80. The summed E-state index contributed by atoms with van der Waals surface area (Å²) in [7, 11) is -3.39. The van der Waals surface area contributed by atoms with E-state index in [1.165, 1.54) is 12.3 Å². The summed E-state index contributed by atoms with van der Waals surface area (Å²) in [5.74, 6) is 0.941. The summed E-state index contributed by atoms with van der Waals surface area (Å²) in [6.45, 7) is 0.146. The second-order valence-corrected chi connectivity index (χ2v) is 7.42. The van der Waals surface area contributed by atoms with Crippen LogP contribution in [0.3, 0.4) is 0 Å². The summed E-state index contributed by atoms with van der Waals surface area (Å²) in [5, 5.41) is 7.36. The van der Waals surface area contributed by atoms with Crippen molar-refractivity contribution in [1.29, 1.82) is 0 Å². The van der Waals surface area contributed by atoms with Crippen LogP contribution in [0, 0.1) is 0 Å². The maximum Gasteiger partial charge on any atom is 0.246 e. The van der Waals surface area contributed by atoms with Crippen LogP contribution in [0.25, 0.3) is 11.4 Å². The van der Waals surface area contributed by atoms with Crippen molar-refractivity contribution in [2.24, 2.45) is 0 Å². The molecule has 3 rings (SSSR count). The van der Waals surface area contributed by atoms with E-state index in [0.29, 0.717) is 16.7 Å². The molecule has 2 aromatic heterocycles. The molecule has 0 amide bonds. The molecule has 0 radical (unpaired) electrons. The Morgan fingerprint density at radius 3 is 2.83 bits per heavy atom. The molecule has 0 unspecified atom stereocenters. The summed E-state index contributed by atoms with van der Waals surface area (Å²) in [6.07, 6.45) is 2.63. The molecule has 0 spiro atoms. The molecule has 9 heteroatoms. The van der Waals surface area contributed by atoms with Gasteiger partial charge in [-0.05, 0) is 24.3 Å². The molecule has 0 aliphatic heterocycles. The Morgan fingerprint density at radius 1 is 1.25 bits per heavy atom. The molecule has 7 nitrogen and oxygen atoms in total. The first-order valence-electron chi connectivity index (χ1n) is 6.91. The largest absolute Gasteiger partial charge is 0.360 e. The first kappa shape index (κ1) is 16.4. The quantitative estimate of drug-likeness (QED) is 0.743. The first-order chi connectivity index (χ1) is 11.4. The van der Waals surface area contributed by atoms with Gasteiger partial charge in [0, 0.05) is 23.0 Å². The predicted molar refractivity (Wildman–Crippen MR) is 89.4 cm³/mol. The van der Waals surface area contributed by atoms with Gasteiger partial charge >= 0.3 is 0 Å². The lowest BCUT2D eigenvalue weighted by Gasteiger charge is -2.07. The van der Waals surface area contributed by atoms with Crippen LogP contribution >= 0.6 is 11.6 Å². The van der Waals surface area contributed by atoms with Gasteiger partial charge in [0.05, 0.1) is 6.54 Å². The summed E-state index contributed by atoms with van der Waals surface area (Å²) in [4.78, 5) is 8.40. The maximum atomic E-state index is 11.7. The van der Waals surface area contributed by atoms with Crippen LogP contribution in [-0.2, 0) is 16.4 Å². The van der Waals surface area contributed by atoms with Crippen LogP contribution in [0.1, 0.15) is 5.89 Å². The number of hydrogen-bond donors (Lipinski definition) is 1. The standard InChI is InChI=1S/C15H13ClN4O3S/c1-24(21,22)12-6-3-7-17-15(12)18-9-13-19-14(20-23-13)10-4-2-5-11(16)8-10/h2-8H,9H2,1H3,(H,17,18). The summed E-state index contributed by atoms with van der Waals surface area (Å²) < 4.78 is 28.6. The third-order valence-corrected chi connectivity index (χ3v) is 4.49. The van der Waals surface area contributed by atoms with Gasteiger partial charge in [-0.3, -0.25) is 0 Å². The SMILES string of the molecule is CS(=O)(=O)c1cccnc1NCc1nc(-c2cccc(Cl)c2)no1. The lowest BCUT2D eigenvalue weighted by molar-refractivity contribution is 0.384. The third-order valence-electron chi connectivity index (χ3n) is 3.13. The van der Waals surface area contributed by atoms with Crippen molar-refractivity contribution in [3.05, 3.63) is 53.5 Å². The van der Waals surface area contributed by atoms with Crippen molar-refractivity contribution in [3.8, 4) is 11.4 Å². The molecular weight excluding hydrogens is 352 g/mol. The smallest absolute Gasteiger partial charge is 0.246 e. The number of nitrogens with one attached hydrogen (secondary N) is 1. The van der Waals surface area contributed by atoms with Crippen molar-refractivity contribution >= 4 is 27.3 Å². The normalized spacial score (nSPS) is 11.4. The fourth-order valence-electron chi connectivity index (χ4n) is 2.05. The minimum Gasteiger partial charge on any atom is -0.360 e. The average molecular weight is 365 g/mol. The van der Waals surface area contributed by atoms with Crippen molar-refractivity contribution in [2.75, 3.05) is 11.6 Å². The Labute approximate surface area is 143 Å². The number of hydrogen-bond acceptors (Lipinski definition) is 7. The van der Waals surface area contributed by atoms with Gasteiger partial charge < -0.3 is 9.84 Å². The highest BCUT2D eigenvalue weighted by atomic mass is 35.5. The van der Waals surface area contributed by atoms with Gasteiger partial charge in [0.25, 0.3) is 0 Å². The van der Waals surface area contributed by atoms with Gasteiger partial charge in [0.15, 0.2) is 9.84 Å². The minimum absolute atomic E-state index is 0.111. The van der Waals surface area contributed by atoms with Crippen LogP contribution < -0.4 is 5.32 Å². The Balaban J connectivity index is 1.78. The fraction of sp³-hybridized carbons (Fsp3) is 0.133. The van der Waals surface area contributed by atoms with Crippen LogP contribution in [-0.4, -0.2) is 29.8 Å². The molecule has 1 aromatic carbocycles. The van der Waals surface area contributed by atoms with Crippen molar-refractivity contribution < 1.29 is 12.9 Å². The Kier molecular flexibility index (Phi) is 4.50. The number of anilines is 1. The van der Waals surface area contributed by atoms with E-state index < -0.39 is 9.84 Å². The van der Waals surface area contributed by atoms with Crippen LogP contribution in [0.15, 0.2) is 52.0 Å². The molecule has 0 fully saturated rings. The second kappa shape index (κ2) is 6.58. The third kappa shape index (κ3) is 3.72. The maximum absolute atomic E-state index is 11.7. The second-order valence-electron chi connectivity index (χ2n) is 5.00.